The van der Waals surface area contributed by atoms with Gasteiger partial charge < -0.3 is 14.2 Å². The Labute approximate surface area is 253 Å². The molecule has 0 fully saturated rings. The average Bonchev–Trinajstić information content (AvgIpc) is 3.44. The number of ether oxygens (including phenoxy) is 1. The lowest BCUT2D eigenvalue weighted by Crippen LogP contribution is -2.21. The minimum atomic E-state index is -0.852. The fraction of sp³-hybridized carbons (Fsp3) is 0.189. The Morgan fingerprint density at radius 2 is 1.25 bits per heavy atom. The first kappa shape index (κ1) is 14.2. The standard InChI is InChI=1S/C37H34N2O/c1-22-18-24(3)36-32(19-22)30-15-10-8-13-28(30)27-12-7-9-14-29(27)31-16-11-17-33-37(31)39(36)26(5)38(33)34-20-23(2)21-35(40-6)25(34)4/h7-21,26H,1-6H3/t26-/m1/s1/i7D,8D,9D,10D,11D,12D,13D,14D,15D,16D,17D,18D,19D. The maximum absolute atomic E-state index is 9.53. The van der Waals surface area contributed by atoms with Crippen LogP contribution in [0.5, 0.6) is 5.75 Å². The van der Waals surface area contributed by atoms with Crippen molar-refractivity contribution >= 4 is 54.7 Å². The van der Waals surface area contributed by atoms with Crippen LogP contribution in [0.1, 0.15) is 53.2 Å². The quantitative estimate of drug-likeness (QED) is 0.219. The Morgan fingerprint density at radius 1 is 0.650 bits per heavy atom. The van der Waals surface area contributed by atoms with Crippen molar-refractivity contribution in [1.29, 1.82) is 0 Å². The Morgan fingerprint density at radius 3 is 1.90 bits per heavy atom. The molecule has 1 atom stereocenters. The van der Waals surface area contributed by atoms with Crippen LogP contribution < -0.4 is 9.64 Å². The molecule has 0 N–H and O–H groups in total. The number of aryl methyl sites for hydroxylation is 2. The molecule has 40 heavy (non-hydrogen) atoms. The molecule has 5 aromatic carbocycles. The van der Waals surface area contributed by atoms with Crippen LogP contribution >= 0.6 is 0 Å². The third kappa shape index (κ3) is 3.43. The van der Waals surface area contributed by atoms with Gasteiger partial charge in [0.2, 0.25) is 0 Å². The number of fused-ring (bicyclic) bond motifs is 7. The minimum absolute atomic E-state index is 0.00424. The highest BCUT2D eigenvalue weighted by Gasteiger charge is 2.32. The van der Waals surface area contributed by atoms with Crippen LogP contribution in [-0.4, -0.2) is 11.7 Å². The first-order chi connectivity index (χ1) is 24.8. The summed E-state index contributed by atoms with van der Waals surface area (Å²) in [5.41, 5.74) is 2.98. The molecule has 0 saturated carbocycles. The van der Waals surface area contributed by atoms with E-state index >= 15 is 0 Å². The molecule has 1 aliphatic rings. The van der Waals surface area contributed by atoms with Gasteiger partial charge >= 0.3 is 0 Å². The molecular weight excluding hydrogens is 488 g/mol. The monoisotopic (exact) mass is 535 g/mol. The molecule has 0 radical (unpaired) electrons. The van der Waals surface area contributed by atoms with Gasteiger partial charge in [-0.1, -0.05) is 72.0 Å². The third-order valence-corrected chi connectivity index (χ3v) is 7.66. The first-order valence-corrected chi connectivity index (χ1v) is 13.0. The molecule has 1 aromatic heterocycles. The normalized spacial score (nSPS) is 19.0. The van der Waals surface area contributed by atoms with Gasteiger partial charge in [-0.2, -0.15) is 0 Å². The zero-order valence-corrected chi connectivity index (χ0v) is 23.0. The van der Waals surface area contributed by atoms with Crippen LogP contribution in [-0.2, 0) is 0 Å². The number of aromatic nitrogens is 1. The summed E-state index contributed by atoms with van der Waals surface area (Å²) in [6.07, 6.45) is -0.852. The van der Waals surface area contributed by atoms with E-state index < -0.39 is 66.6 Å². The predicted molar refractivity (Wildman–Crippen MR) is 171 cm³/mol. The third-order valence-electron chi connectivity index (χ3n) is 7.66. The van der Waals surface area contributed by atoms with E-state index in [1.807, 2.05) is 26.0 Å². The summed E-state index contributed by atoms with van der Waals surface area (Å²) in [6.45, 7) is 8.71. The van der Waals surface area contributed by atoms with E-state index in [9.17, 15) is 9.60 Å². The summed E-state index contributed by atoms with van der Waals surface area (Å²) in [7, 11) is 1.53. The number of methoxy groups -OCH3 is 1. The fourth-order valence-corrected chi connectivity index (χ4v) is 6.02. The fourth-order valence-electron chi connectivity index (χ4n) is 6.02. The lowest BCUT2D eigenvalue weighted by molar-refractivity contribution is 0.411. The molecule has 1 aliphatic heterocycles. The Bertz CT molecular complexity index is 2780. The van der Waals surface area contributed by atoms with Gasteiger partial charge in [-0.05, 0) is 91.5 Å². The average molecular weight is 536 g/mol. The van der Waals surface area contributed by atoms with Gasteiger partial charge in [0.1, 0.15) is 11.9 Å². The highest BCUT2D eigenvalue weighted by atomic mass is 16.5. The summed E-state index contributed by atoms with van der Waals surface area (Å²) in [5.74, 6) is 0.543. The number of para-hydroxylation sites is 1. The van der Waals surface area contributed by atoms with E-state index in [4.69, 9.17) is 13.0 Å². The van der Waals surface area contributed by atoms with Crippen LogP contribution in [0.4, 0.5) is 11.4 Å². The molecule has 0 aliphatic carbocycles. The van der Waals surface area contributed by atoms with Gasteiger partial charge in [0.25, 0.3) is 0 Å². The molecule has 2 heterocycles. The number of anilines is 2. The molecule has 0 amide bonds. The van der Waals surface area contributed by atoms with Gasteiger partial charge in [-0.15, -0.1) is 0 Å². The van der Waals surface area contributed by atoms with Gasteiger partial charge in [-0.25, -0.2) is 0 Å². The second-order valence-electron chi connectivity index (χ2n) is 10.2. The molecule has 0 bridgehead atoms. The SMILES string of the molecule is [2H]c1c([2H])c([2H])c2c(c1[2H])c1c([2H])c([2H])c([2H])c([2H])c1c1c([2H])c([2H])c([2H])c3c1n(c1c(C)c([2H])c(C)c([2H])c21)[C@H](C)N3c1cc(C)cc(OC)c1C. The van der Waals surface area contributed by atoms with Gasteiger partial charge in [0, 0.05) is 22.0 Å². The second-order valence-corrected chi connectivity index (χ2v) is 10.2. The van der Waals surface area contributed by atoms with Crippen molar-refractivity contribution in [3.63, 3.8) is 0 Å². The smallest absolute Gasteiger partial charge is 0.124 e. The molecule has 6 aromatic rings. The van der Waals surface area contributed by atoms with E-state index in [1.165, 1.54) is 7.11 Å². The van der Waals surface area contributed by atoms with E-state index in [0.717, 1.165) is 5.56 Å². The van der Waals surface area contributed by atoms with Crippen LogP contribution in [0.15, 0.2) is 90.7 Å². The first-order valence-electron chi connectivity index (χ1n) is 19.5. The lowest BCUT2D eigenvalue weighted by Gasteiger charge is -2.29. The van der Waals surface area contributed by atoms with Crippen LogP contribution in [0.3, 0.4) is 0 Å². The molecule has 3 heteroatoms. The van der Waals surface area contributed by atoms with Crippen molar-refractivity contribution in [3.8, 4) is 5.75 Å². The highest BCUT2D eigenvalue weighted by Crippen LogP contribution is 2.49. The van der Waals surface area contributed by atoms with Gasteiger partial charge in [0.05, 0.1) is 41.7 Å². The van der Waals surface area contributed by atoms with Crippen molar-refractivity contribution in [2.24, 2.45) is 0 Å². The molecule has 198 valence electrons. The van der Waals surface area contributed by atoms with Crippen molar-refractivity contribution in [2.75, 3.05) is 12.0 Å². The Kier molecular flexibility index (Phi) is 3.21. The van der Waals surface area contributed by atoms with Crippen LogP contribution in [0.25, 0.3) is 43.4 Å². The Hall–Kier alpha value is -4.50. The topological polar surface area (TPSA) is 17.4 Å². The van der Waals surface area contributed by atoms with E-state index in [-0.39, 0.29) is 72.7 Å². The second kappa shape index (κ2) is 9.02. The number of hydrogen-bond acceptors (Lipinski definition) is 2. The largest absolute Gasteiger partial charge is 0.496 e. The van der Waals surface area contributed by atoms with E-state index in [1.54, 1.807) is 30.2 Å². The maximum atomic E-state index is 9.53. The zero-order chi connectivity index (χ0) is 39.0. The summed E-state index contributed by atoms with van der Waals surface area (Å²) in [4.78, 5) is 1.79. The molecule has 0 saturated heterocycles. The number of rotatable bonds is 2. The number of nitrogens with zero attached hydrogens (tertiary/aromatic N) is 2. The number of hydrogen-bond donors (Lipinski definition) is 0. The predicted octanol–water partition coefficient (Wildman–Crippen LogP) is 10.1. The van der Waals surface area contributed by atoms with Gasteiger partial charge in [0.15, 0.2) is 0 Å². The molecule has 0 spiro atoms. The van der Waals surface area contributed by atoms with E-state index in [2.05, 4.69) is 0 Å². The minimum Gasteiger partial charge on any atom is -0.496 e. The van der Waals surface area contributed by atoms with Crippen molar-refractivity contribution in [2.45, 2.75) is 40.8 Å². The van der Waals surface area contributed by atoms with Crippen molar-refractivity contribution < 1.29 is 22.6 Å². The molecule has 7 rings (SSSR count). The lowest BCUT2D eigenvalue weighted by atomic mass is 9.99. The molecular formula is C37H34N2O. The summed E-state index contributed by atoms with van der Waals surface area (Å²) >= 11 is 0. The molecule has 3 nitrogen and oxygen atoms in total. The van der Waals surface area contributed by atoms with Crippen molar-refractivity contribution in [1.82, 2.24) is 4.57 Å². The zero-order valence-electron chi connectivity index (χ0n) is 36.0. The highest BCUT2D eigenvalue weighted by molar-refractivity contribution is 6.21. The Balaban J connectivity index is 2.05. The number of benzene rings is 5. The molecule has 0 unspecified atom stereocenters. The van der Waals surface area contributed by atoms with Gasteiger partial charge in [-0.3, -0.25) is 0 Å². The van der Waals surface area contributed by atoms with Crippen LogP contribution in [0, 0.1) is 27.7 Å². The van der Waals surface area contributed by atoms with E-state index in [0.29, 0.717) is 22.6 Å². The maximum Gasteiger partial charge on any atom is 0.124 e. The van der Waals surface area contributed by atoms with Crippen molar-refractivity contribution in [3.05, 3.63) is 113 Å². The summed E-state index contributed by atoms with van der Waals surface area (Å²) < 4.78 is 126. The summed E-state index contributed by atoms with van der Waals surface area (Å²) in [5, 5.41) is -1.28. The van der Waals surface area contributed by atoms with Crippen LogP contribution in [0.2, 0.25) is 0 Å². The summed E-state index contributed by atoms with van der Waals surface area (Å²) in [6, 6.07) is -3.05.